The third kappa shape index (κ3) is 3.45. The highest BCUT2D eigenvalue weighted by atomic mass is 19.3. The maximum absolute atomic E-state index is 11.9. The molecule has 0 bridgehead atoms. The molecule has 1 aliphatic heterocycles. The predicted octanol–water partition coefficient (Wildman–Crippen LogP) is 0.379. The zero-order valence-corrected chi connectivity index (χ0v) is 8.50. The van der Waals surface area contributed by atoms with Crippen molar-refractivity contribution in [1.82, 2.24) is 10.2 Å². The molecule has 1 N–H and O–H groups in total. The lowest BCUT2D eigenvalue weighted by Crippen LogP contribution is -2.47. The minimum atomic E-state index is -2.96. The zero-order chi connectivity index (χ0) is 11.4. The Labute approximate surface area is 86.6 Å². The molecule has 1 rings (SSSR count). The van der Waals surface area contributed by atoms with Crippen LogP contribution in [0, 0.1) is 0 Å². The Morgan fingerprint density at radius 3 is 2.27 bits per heavy atom. The summed E-state index contributed by atoms with van der Waals surface area (Å²) in [6.07, 6.45) is -1.88. The lowest BCUT2D eigenvalue weighted by Gasteiger charge is -2.31. The Hall–Kier alpha value is -1.20. The van der Waals surface area contributed by atoms with E-state index in [4.69, 9.17) is 0 Å². The van der Waals surface area contributed by atoms with Gasteiger partial charge in [-0.3, -0.25) is 9.59 Å². The Morgan fingerprint density at radius 1 is 1.33 bits per heavy atom. The first-order valence-electron chi connectivity index (χ1n) is 4.84. The summed E-state index contributed by atoms with van der Waals surface area (Å²) < 4.78 is 23.8. The Bertz CT molecular complexity index is 250. The first kappa shape index (κ1) is 11.9. The summed E-state index contributed by atoms with van der Waals surface area (Å²) >= 11 is 0. The summed E-state index contributed by atoms with van der Waals surface area (Å²) in [7, 11) is 0. The summed E-state index contributed by atoms with van der Waals surface area (Å²) in [5.74, 6) is -1.25. The van der Waals surface area contributed by atoms with Gasteiger partial charge in [-0.15, -0.1) is 0 Å². The van der Waals surface area contributed by atoms with Gasteiger partial charge in [0.1, 0.15) is 0 Å². The highest BCUT2D eigenvalue weighted by Gasteiger charge is 2.24. The predicted molar refractivity (Wildman–Crippen MR) is 49.4 cm³/mol. The van der Waals surface area contributed by atoms with E-state index in [0.717, 1.165) is 0 Å². The number of halogens is 2. The summed E-state index contributed by atoms with van der Waals surface area (Å²) in [4.78, 5) is 23.3. The fourth-order valence-electron chi connectivity index (χ4n) is 1.60. The number of amides is 2. The average Bonchev–Trinajstić information content (AvgIpc) is 2.18. The minimum Gasteiger partial charge on any atom is -0.348 e. The van der Waals surface area contributed by atoms with Gasteiger partial charge in [-0.25, -0.2) is 0 Å². The number of carbonyl (C=O) groups is 2. The van der Waals surface area contributed by atoms with Gasteiger partial charge < -0.3 is 10.2 Å². The van der Waals surface area contributed by atoms with E-state index in [0.29, 0.717) is 25.9 Å². The van der Waals surface area contributed by atoms with Crippen molar-refractivity contribution >= 4 is 11.8 Å². The number of piperidine rings is 1. The van der Waals surface area contributed by atoms with Crippen LogP contribution in [0.5, 0.6) is 0 Å². The molecule has 0 saturated carbocycles. The van der Waals surface area contributed by atoms with Crippen LogP contribution in [0.2, 0.25) is 0 Å². The van der Waals surface area contributed by atoms with E-state index in [2.05, 4.69) is 5.32 Å². The fourth-order valence-corrected chi connectivity index (χ4v) is 1.60. The molecular formula is C9H14F2N2O2. The molecule has 0 spiro atoms. The van der Waals surface area contributed by atoms with Gasteiger partial charge in [0.15, 0.2) is 0 Å². The molecule has 4 nitrogen and oxygen atoms in total. The van der Waals surface area contributed by atoms with Gasteiger partial charge in [0, 0.05) is 26.1 Å². The van der Waals surface area contributed by atoms with Gasteiger partial charge in [-0.05, 0) is 12.8 Å². The Morgan fingerprint density at radius 2 is 1.87 bits per heavy atom. The molecular weight excluding hydrogens is 206 g/mol. The first-order valence-corrected chi connectivity index (χ1v) is 4.84. The highest BCUT2D eigenvalue weighted by molar-refractivity contribution is 5.79. The van der Waals surface area contributed by atoms with Crippen LogP contribution in [0.1, 0.15) is 19.8 Å². The number of alkyl halides is 2. The quantitative estimate of drug-likeness (QED) is 0.731. The van der Waals surface area contributed by atoms with Crippen molar-refractivity contribution in [2.45, 2.75) is 32.2 Å². The lowest BCUT2D eigenvalue weighted by atomic mass is 10.1. The molecule has 0 aromatic heterocycles. The van der Waals surface area contributed by atoms with E-state index in [1.54, 1.807) is 4.90 Å². The minimum absolute atomic E-state index is 0.0198. The van der Waals surface area contributed by atoms with Crippen molar-refractivity contribution in [1.29, 1.82) is 0 Å². The molecule has 2 amide bonds. The molecule has 0 aromatic rings. The van der Waals surface area contributed by atoms with Crippen LogP contribution in [0.3, 0.4) is 0 Å². The molecule has 1 aliphatic rings. The molecule has 1 saturated heterocycles. The molecule has 0 aromatic carbocycles. The van der Waals surface area contributed by atoms with E-state index in [-0.39, 0.29) is 11.9 Å². The number of nitrogens with one attached hydrogen (secondary N) is 1. The third-order valence-corrected chi connectivity index (χ3v) is 2.48. The van der Waals surface area contributed by atoms with Crippen molar-refractivity contribution in [3.8, 4) is 0 Å². The Balaban J connectivity index is 2.32. The van der Waals surface area contributed by atoms with Gasteiger partial charge in [0.05, 0.1) is 0 Å². The van der Waals surface area contributed by atoms with Crippen molar-refractivity contribution in [2.24, 2.45) is 0 Å². The largest absolute Gasteiger partial charge is 0.348 e. The van der Waals surface area contributed by atoms with Crippen LogP contribution in [-0.4, -0.2) is 42.3 Å². The van der Waals surface area contributed by atoms with Gasteiger partial charge in [-0.2, -0.15) is 8.78 Å². The number of rotatable bonds is 2. The lowest BCUT2D eigenvalue weighted by molar-refractivity contribution is -0.133. The van der Waals surface area contributed by atoms with Crippen LogP contribution in [-0.2, 0) is 9.59 Å². The fraction of sp³-hybridized carbons (Fsp3) is 0.778. The molecule has 86 valence electrons. The first-order chi connectivity index (χ1) is 7.00. The van der Waals surface area contributed by atoms with E-state index in [1.165, 1.54) is 6.92 Å². The Kier molecular flexibility index (Phi) is 3.99. The third-order valence-electron chi connectivity index (χ3n) is 2.48. The SMILES string of the molecule is CC(=O)N1CCC(NC(=O)C(F)F)CC1. The number of carbonyl (C=O) groups excluding carboxylic acids is 2. The average molecular weight is 220 g/mol. The van der Waals surface area contributed by atoms with Gasteiger partial charge in [-0.1, -0.05) is 0 Å². The molecule has 0 unspecified atom stereocenters. The van der Waals surface area contributed by atoms with Gasteiger partial charge in [0.25, 0.3) is 5.91 Å². The maximum atomic E-state index is 11.9. The topological polar surface area (TPSA) is 49.4 Å². The van der Waals surface area contributed by atoms with Crippen molar-refractivity contribution in [2.75, 3.05) is 13.1 Å². The summed E-state index contributed by atoms with van der Waals surface area (Å²) in [5, 5.41) is 2.25. The normalized spacial score (nSPS) is 18.0. The van der Waals surface area contributed by atoms with Crippen LogP contribution in [0.15, 0.2) is 0 Å². The van der Waals surface area contributed by atoms with E-state index >= 15 is 0 Å². The summed E-state index contributed by atoms with van der Waals surface area (Å²) in [6.45, 7) is 2.51. The second-order valence-electron chi connectivity index (χ2n) is 3.59. The van der Waals surface area contributed by atoms with Crippen molar-refractivity contribution < 1.29 is 18.4 Å². The standard InChI is InChI=1S/C9H14F2N2O2/c1-6(14)13-4-2-7(3-5-13)12-9(15)8(10)11/h7-8H,2-5H2,1H3,(H,12,15). The smallest absolute Gasteiger partial charge is 0.315 e. The van der Waals surface area contributed by atoms with Crippen molar-refractivity contribution in [3.05, 3.63) is 0 Å². The number of hydrogen-bond donors (Lipinski definition) is 1. The second kappa shape index (κ2) is 5.04. The second-order valence-corrected chi connectivity index (χ2v) is 3.59. The van der Waals surface area contributed by atoms with Crippen LogP contribution >= 0.6 is 0 Å². The summed E-state index contributed by atoms with van der Waals surface area (Å²) in [6, 6.07) is -0.234. The highest BCUT2D eigenvalue weighted by Crippen LogP contribution is 2.10. The summed E-state index contributed by atoms with van der Waals surface area (Å²) in [5.41, 5.74) is 0. The van der Waals surface area contributed by atoms with E-state index in [9.17, 15) is 18.4 Å². The van der Waals surface area contributed by atoms with Crippen LogP contribution < -0.4 is 5.32 Å². The van der Waals surface area contributed by atoms with Gasteiger partial charge >= 0.3 is 6.43 Å². The van der Waals surface area contributed by atoms with Crippen LogP contribution in [0.4, 0.5) is 8.78 Å². The van der Waals surface area contributed by atoms with E-state index < -0.39 is 12.3 Å². The molecule has 6 heteroatoms. The number of nitrogens with zero attached hydrogens (tertiary/aromatic N) is 1. The molecule has 0 atom stereocenters. The molecule has 0 aliphatic carbocycles. The number of likely N-dealkylation sites (tertiary alicyclic amines) is 1. The molecule has 1 heterocycles. The van der Waals surface area contributed by atoms with Crippen LogP contribution in [0.25, 0.3) is 0 Å². The molecule has 15 heavy (non-hydrogen) atoms. The zero-order valence-electron chi connectivity index (χ0n) is 8.50. The number of hydrogen-bond acceptors (Lipinski definition) is 2. The van der Waals surface area contributed by atoms with Gasteiger partial charge in [0.2, 0.25) is 5.91 Å². The molecule has 1 fully saturated rings. The molecule has 0 radical (unpaired) electrons. The monoisotopic (exact) mass is 220 g/mol. The van der Waals surface area contributed by atoms with Crippen molar-refractivity contribution in [3.63, 3.8) is 0 Å². The maximum Gasteiger partial charge on any atom is 0.315 e. The van der Waals surface area contributed by atoms with E-state index in [1.807, 2.05) is 0 Å².